The van der Waals surface area contributed by atoms with Crippen molar-refractivity contribution in [1.82, 2.24) is 10.2 Å². The zero-order chi connectivity index (χ0) is 17.1. The number of benzene rings is 1. The number of carbonyl (C=O) groups excluding carboxylic acids is 2. The summed E-state index contributed by atoms with van der Waals surface area (Å²) in [5.41, 5.74) is 0.738. The molecule has 2 fully saturated rings. The molecule has 2 N–H and O–H groups in total. The summed E-state index contributed by atoms with van der Waals surface area (Å²) >= 11 is 5.97. The summed E-state index contributed by atoms with van der Waals surface area (Å²) in [6.45, 7) is 2.09. The van der Waals surface area contributed by atoms with Crippen LogP contribution in [-0.4, -0.2) is 49.2 Å². The summed E-state index contributed by atoms with van der Waals surface area (Å²) in [5.74, 6) is -0.531. The molecular formula is C17H22ClN3O3. The van der Waals surface area contributed by atoms with Gasteiger partial charge in [-0.1, -0.05) is 11.6 Å². The van der Waals surface area contributed by atoms with Crippen LogP contribution in [0, 0.1) is 0 Å². The van der Waals surface area contributed by atoms with Crippen molar-refractivity contribution in [2.24, 2.45) is 0 Å². The Morgan fingerprint density at radius 1 is 1.21 bits per heavy atom. The minimum absolute atomic E-state index is 0.187. The van der Waals surface area contributed by atoms with Crippen LogP contribution in [0.25, 0.3) is 0 Å². The monoisotopic (exact) mass is 351 g/mol. The molecular weight excluding hydrogens is 330 g/mol. The third kappa shape index (κ3) is 4.19. The molecule has 7 heteroatoms. The Morgan fingerprint density at radius 3 is 2.54 bits per heavy atom. The van der Waals surface area contributed by atoms with Gasteiger partial charge in [0.05, 0.1) is 17.7 Å². The van der Waals surface area contributed by atoms with Gasteiger partial charge in [-0.25, -0.2) is 9.59 Å². The number of amides is 2. The Balaban J connectivity index is 1.52. The van der Waals surface area contributed by atoms with Crippen molar-refractivity contribution >= 4 is 29.3 Å². The van der Waals surface area contributed by atoms with Crippen LogP contribution in [0.5, 0.6) is 0 Å². The Morgan fingerprint density at radius 2 is 1.92 bits per heavy atom. The highest BCUT2D eigenvalue weighted by molar-refractivity contribution is 6.33. The van der Waals surface area contributed by atoms with E-state index in [0.29, 0.717) is 10.7 Å². The third-order valence-electron chi connectivity index (χ3n) is 4.56. The number of ether oxygens (including phenoxy) is 1. The lowest BCUT2D eigenvalue weighted by Gasteiger charge is -2.32. The largest absolute Gasteiger partial charge is 0.465 e. The summed E-state index contributed by atoms with van der Waals surface area (Å²) in [6.07, 6.45) is 4.57. The topological polar surface area (TPSA) is 70.7 Å². The number of urea groups is 1. The smallest absolute Gasteiger partial charge is 0.339 e. The van der Waals surface area contributed by atoms with Gasteiger partial charge in [-0.2, -0.15) is 0 Å². The number of methoxy groups -OCH3 is 1. The van der Waals surface area contributed by atoms with E-state index in [0.717, 1.165) is 32.0 Å². The molecule has 0 unspecified atom stereocenters. The normalized spacial score (nSPS) is 18.9. The quantitative estimate of drug-likeness (QED) is 0.818. The Bertz CT molecular complexity index is 626. The number of rotatable bonds is 4. The predicted molar refractivity (Wildman–Crippen MR) is 92.6 cm³/mol. The maximum atomic E-state index is 12.2. The van der Waals surface area contributed by atoms with Crippen molar-refractivity contribution in [2.45, 2.75) is 37.8 Å². The number of esters is 1. The molecule has 0 aromatic heterocycles. The Labute approximate surface area is 146 Å². The van der Waals surface area contributed by atoms with E-state index in [1.165, 1.54) is 26.0 Å². The second-order valence-corrected chi connectivity index (χ2v) is 6.73. The van der Waals surface area contributed by atoms with E-state index in [4.69, 9.17) is 11.6 Å². The third-order valence-corrected chi connectivity index (χ3v) is 4.89. The second-order valence-electron chi connectivity index (χ2n) is 6.33. The molecule has 0 spiro atoms. The molecule has 1 aromatic carbocycles. The summed E-state index contributed by atoms with van der Waals surface area (Å²) in [7, 11) is 1.29. The van der Waals surface area contributed by atoms with Gasteiger partial charge in [-0.05, 0) is 43.9 Å². The Kier molecular flexibility index (Phi) is 5.26. The summed E-state index contributed by atoms with van der Waals surface area (Å²) < 4.78 is 4.68. The van der Waals surface area contributed by atoms with Crippen molar-refractivity contribution in [2.75, 3.05) is 25.5 Å². The van der Waals surface area contributed by atoms with Crippen molar-refractivity contribution in [3.63, 3.8) is 0 Å². The van der Waals surface area contributed by atoms with Gasteiger partial charge in [-0.3, -0.25) is 0 Å². The minimum Gasteiger partial charge on any atom is -0.465 e. The van der Waals surface area contributed by atoms with Crippen molar-refractivity contribution in [3.8, 4) is 0 Å². The molecule has 6 nitrogen and oxygen atoms in total. The molecule has 0 atom stereocenters. The van der Waals surface area contributed by atoms with E-state index in [2.05, 4.69) is 20.3 Å². The lowest BCUT2D eigenvalue weighted by atomic mass is 10.1. The number of hydrogen-bond acceptors (Lipinski definition) is 4. The molecule has 2 amide bonds. The minimum atomic E-state index is -0.531. The highest BCUT2D eigenvalue weighted by atomic mass is 35.5. The molecule has 1 saturated carbocycles. The molecule has 24 heavy (non-hydrogen) atoms. The standard InChI is InChI=1S/C17H22ClN3O3/c1-24-16(22)14-10-12(2-5-15(14)18)20-17(23)19-11-6-8-21(9-7-11)13-3-4-13/h2,5,10-11,13H,3-4,6-9H2,1H3,(H2,19,20,23). The molecule has 1 saturated heterocycles. The van der Waals surface area contributed by atoms with E-state index in [1.807, 2.05) is 0 Å². The van der Waals surface area contributed by atoms with Crippen molar-refractivity contribution in [3.05, 3.63) is 28.8 Å². The number of hydrogen-bond donors (Lipinski definition) is 2. The van der Waals surface area contributed by atoms with Crippen LogP contribution in [0.3, 0.4) is 0 Å². The summed E-state index contributed by atoms with van der Waals surface area (Å²) in [4.78, 5) is 26.3. The number of nitrogens with zero attached hydrogens (tertiary/aromatic N) is 1. The van der Waals surface area contributed by atoms with Gasteiger partial charge in [0.1, 0.15) is 0 Å². The maximum absolute atomic E-state index is 12.2. The number of anilines is 1. The van der Waals surface area contributed by atoms with Crippen LogP contribution in [0.15, 0.2) is 18.2 Å². The van der Waals surface area contributed by atoms with E-state index in [-0.39, 0.29) is 17.6 Å². The average molecular weight is 352 g/mol. The molecule has 0 radical (unpaired) electrons. The highest BCUT2D eigenvalue weighted by Crippen LogP contribution is 2.29. The first kappa shape index (κ1) is 17.0. The van der Waals surface area contributed by atoms with Crippen LogP contribution in [-0.2, 0) is 4.74 Å². The molecule has 1 aliphatic carbocycles. The molecule has 130 valence electrons. The second kappa shape index (κ2) is 7.40. The van der Waals surface area contributed by atoms with E-state index >= 15 is 0 Å². The van der Waals surface area contributed by atoms with Crippen molar-refractivity contribution in [1.29, 1.82) is 0 Å². The molecule has 2 aliphatic rings. The lowest BCUT2D eigenvalue weighted by Crippen LogP contribution is -2.46. The first-order chi connectivity index (χ1) is 11.6. The van der Waals surface area contributed by atoms with Gasteiger partial charge in [0.25, 0.3) is 0 Å². The number of halogens is 1. The van der Waals surface area contributed by atoms with Gasteiger partial charge >= 0.3 is 12.0 Å². The molecule has 1 aromatic rings. The maximum Gasteiger partial charge on any atom is 0.339 e. The van der Waals surface area contributed by atoms with Crippen LogP contribution in [0.1, 0.15) is 36.0 Å². The van der Waals surface area contributed by atoms with Gasteiger partial charge in [0.15, 0.2) is 0 Å². The summed E-state index contributed by atoms with van der Waals surface area (Å²) in [5, 5.41) is 6.04. The number of nitrogens with one attached hydrogen (secondary N) is 2. The van der Waals surface area contributed by atoms with E-state index < -0.39 is 5.97 Å². The lowest BCUT2D eigenvalue weighted by molar-refractivity contribution is 0.0601. The zero-order valence-corrected chi connectivity index (χ0v) is 14.4. The van der Waals surface area contributed by atoms with Gasteiger partial charge < -0.3 is 20.3 Å². The fourth-order valence-corrected chi connectivity index (χ4v) is 3.27. The van der Waals surface area contributed by atoms with Crippen LogP contribution >= 0.6 is 11.6 Å². The van der Waals surface area contributed by atoms with Crippen LogP contribution < -0.4 is 10.6 Å². The van der Waals surface area contributed by atoms with Crippen LogP contribution in [0.2, 0.25) is 5.02 Å². The van der Waals surface area contributed by atoms with Crippen LogP contribution in [0.4, 0.5) is 10.5 Å². The number of carbonyl (C=O) groups is 2. The molecule has 1 heterocycles. The summed E-state index contributed by atoms with van der Waals surface area (Å²) in [6, 6.07) is 5.45. The SMILES string of the molecule is COC(=O)c1cc(NC(=O)NC2CCN(C3CC3)CC2)ccc1Cl. The first-order valence-corrected chi connectivity index (χ1v) is 8.64. The molecule has 1 aliphatic heterocycles. The molecule has 0 bridgehead atoms. The number of piperidine rings is 1. The number of likely N-dealkylation sites (tertiary alicyclic amines) is 1. The predicted octanol–water partition coefficient (Wildman–Crippen LogP) is 2.87. The molecule has 3 rings (SSSR count). The van der Waals surface area contributed by atoms with E-state index in [1.54, 1.807) is 12.1 Å². The first-order valence-electron chi connectivity index (χ1n) is 8.26. The fourth-order valence-electron chi connectivity index (χ4n) is 3.07. The fraction of sp³-hybridized carbons (Fsp3) is 0.529. The van der Waals surface area contributed by atoms with Gasteiger partial charge in [0, 0.05) is 30.9 Å². The van der Waals surface area contributed by atoms with Crippen molar-refractivity contribution < 1.29 is 14.3 Å². The Hall–Kier alpha value is -1.79. The zero-order valence-electron chi connectivity index (χ0n) is 13.7. The van der Waals surface area contributed by atoms with Gasteiger partial charge in [-0.15, -0.1) is 0 Å². The van der Waals surface area contributed by atoms with Gasteiger partial charge in [0.2, 0.25) is 0 Å². The highest BCUT2D eigenvalue weighted by Gasteiger charge is 2.32. The average Bonchev–Trinajstić information content (AvgIpc) is 3.41. The van der Waals surface area contributed by atoms with E-state index in [9.17, 15) is 9.59 Å².